The number of hydrogen-bond donors (Lipinski definition) is 0. The first kappa shape index (κ1) is 19.7. The molecule has 0 spiro atoms. The van der Waals surface area contributed by atoms with Crippen LogP contribution in [-0.4, -0.2) is 26.8 Å². The minimum absolute atomic E-state index is 0.0416. The number of ether oxygens (including phenoxy) is 1. The zero-order valence-electron chi connectivity index (χ0n) is 17.9. The fourth-order valence-corrected chi connectivity index (χ4v) is 3.89. The number of pyridine rings is 1. The Balaban J connectivity index is 1.85. The van der Waals surface area contributed by atoms with Crippen LogP contribution in [0.1, 0.15) is 11.1 Å². The van der Waals surface area contributed by atoms with E-state index in [9.17, 15) is 10.1 Å². The predicted octanol–water partition coefficient (Wildman–Crippen LogP) is 5.77. The van der Waals surface area contributed by atoms with E-state index in [1.165, 1.54) is 23.3 Å². The molecule has 2 aromatic heterocycles. The van der Waals surface area contributed by atoms with Gasteiger partial charge in [-0.05, 0) is 67.4 Å². The summed E-state index contributed by atoms with van der Waals surface area (Å²) >= 11 is 0. The lowest BCUT2D eigenvalue weighted by atomic mass is 10.1. The molecule has 0 radical (unpaired) electrons. The second-order valence-corrected chi connectivity index (χ2v) is 7.74. The summed E-state index contributed by atoms with van der Waals surface area (Å²) in [5.74, 6) is 0.733. The topological polar surface area (TPSA) is 83.1 Å². The van der Waals surface area contributed by atoms with Crippen LogP contribution in [0, 0.1) is 24.0 Å². The number of non-ortho nitro benzene ring substituents is 1. The number of aromatic nitrogens is 3. The molecular formula is C25H20N4O3. The highest BCUT2D eigenvalue weighted by Crippen LogP contribution is 2.35. The summed E-state index contributed by atoms with van der Waals surface area (Å²) in [6, 6.07) is 18.4. The summed E-state index contributed by atoms with van der Waals surface area (Å²) in [5, 5.41) is 17.8. The molecule has 7 nitrogen and oxygen atoms in total. The van der Waals surface area contributed by atoms with E-state index in [1.54, 1.807) is 19.2 Å². The van der Waals surface area contributed by atoms with Crippen LogP contribution >= 0.6 is 0 Å². The van der Waals surface area contributed by atoms with Crippen LogP contribution in [0.4, 0.5) is 5.69 Å². The van der Waals surface area contributed by atoms with Gasteiger partial charge in [0.2, 0.25) is 0 Å². The van der Waals surface area contributed by atoms with Crippen molar-refractivity contribution in [1.29, 1.82) is 0 Å². The molecule has 0 N–H and O–H groups in total. The van der Waals surface area contributed by atoms with Crippen LogP contribution in [0.25, 0.3) is 38.8 Å². The van der Waals surface area contributed by atoms with Crippen molar-refractivity contribution in [2.75, 3.05) is 7.11 Å². The molecule has 0 aliphatic carbocycles. The number of nitro groups is 1. The van der Waals surface area contributed by atoms with Crippen molar-refractivity contribution >= 4 is 27.5 Å². The zero-order chi connectivity index (χ0) is 22.4. The van der Waals surface area contributed by atoms with Crippen molar-refractivity contribution in [3.8, 4) is 22.7 Å². The van der Waals surface area contributed by atoms with E-state index in [-0.39, 0.29) is 5.69 Å². The molecule has 3 aromatic carbocycles. The van der Waals surface area contributed by atoms with Gasteiger partial charge in [0.25, 0.3) is 5.69 Å². The van der Waals surface area contributed by atoms with Crippen molar-refractivity contribution in [3.63, 3.8) is 0 Å². The third-order valence-corrected chi connectivity index (χ3v) is 5.80. The Morgan fingerprint density at radius 2 is 1.72 bits per heavy atom. The highest BCUT2D eigenvalue weighted by atomic mass is 16.6. The number of fused-ring (bicyclic) bond motifs is 3. The van der Waals surface area contributed by atoms with Crippen LogP contribution in [0.2, 0.25) is 0 Å². The maximum Gasteiger partial charge on any atom is 0.269 e. The Kier molecular flexibility index (Phi) is 4.59. The Morgan fingerprint density at radius 1 is 0.938 bits per heavy atom. The molecule has 0 fully saturated rings. The van der Waals surface area contributed by atoms with Gasteiger partial charge in [-0.1, -0.05) is 6.07 Å². The summed E-state index contributed by atoms with van der Waals surface area (Å²) in [6.45, 7) is 4.15. The second-order valence-electron chi connectivity index (χ2n) is 7.74. The number of hydrogen-bond acceptors (Lipinski definition) is 5. The van der Waals surface area contributed by atoms with E-state index in [2.05, 4.69) is 31.0 Å². The standard InChI is InChI=1S/C25H20N4O3/c1-15-4-7-19(12-16(15)2)28-25-21-13-20(32-3)10-11-23(21)26-14-22(25)24(27-28)17-5-8-18(9-6-17)29(30)31/h4-14H,1-3H3. The normalized spacial score (nSPS) is 11.2. The van der Waals surface area contributed by atoms with Crippen molar-refractivity contribution in [2.24, 2.45) is 0 Å². The first-order valence-electron chi connectivity index (χ1n) is 10.1. The van der Waals surface area contributed by atoms with Gasteiger partial charge in [0.15, 0.2) is 0 Å². The Morgan fingerprint density at radius 3 is 2.41 bits per heavy atom. The average Bonchev–Trinajstić information content (AvgIpc) is 3.20. The summed E-state index contributed by atoms with van der Waals surface area (Å²) in [7, 11) is 1.64. The van der Waals surface area contributed by atoms with Gasteiger partial charge in [0.05, 0.1) is 28.8 Å². The van der Waals surface area contributed by atoms with E-state index in [4.69, 9.17) is 9.84 Å². The number of nitro benzene ring substituents is 1. The lowest BCUT2D eigenvalue weighted by molar-refractivity contribution is -0.384. The van der Waals surface area contributed by atoms with Crippen molar-refractivity contribution in [3.05, 3.63) is 88.1 Å². The van der Waals surface area contributed by atoms with Gasteiger partial charge in [-0.15, -0.1) is 0 Å². The van der Waals surface area contributed by atoms with Gasteiger partial charge >= 0.3 is 0 Å². The molecule has 0 atom stereocenters. The molecule has 0 unspecified atom stereocenters. The lowest BCUT2D eigenvalue weighted by Crippen LogP contribution is -1.99. The molecule has 2 heterocycles. The van der Waals surface area contributed by atoms with Gasteiger partial charge < -0.3 is 4.74 Å². The number of methoxy groups -OCH3 is 1. The maximum atomic E-state index is 11.1. The largest absolute Gasteiger partial charge is 0.497 e. The highest BCUT2D eigenvalue weighted by molar-refractivity contribution is 6.09. The van der Waals surface area contributed by atoms with Crippen molar-refractivity contribution in [1.82, 2.24) is 14.8 Å². The molecule has 5 aromatic rings. The third-order valence-electron chi connectivity index (χ3n) is 5.80. The fourth-order valence-electron chi connectivity index (χ4n) is 3.89. The van der Waals surface area contributed by atoms with Gasteiger partial charge in [-0.2, -0.15) is 5.10 Å². The van der Waals surface area contributed by atoms with Crippen LogP contribution < -0.4 is 4.74 Å². The molecule has 158 valence electrons. The summed E-state index contributed by atoms with van der Waals surface area (Å²) in [4.78, 5) is 15.3. The van der Waals surface area contributed by atoms with E-state index in [0.717, 1.165) is 38.8 Å². The number of rotatable bonds is 4. The molecule has 0 aliphatic heterocycles. The average molecular weight is 424 g/mol. The van der Waals surface area contributed by atoms with Gasteiger partial charge in [-0.3, -0.25) is 15.1 Å². The summed E-state index contributed by atoms with van der Waals surface area (Å²) in [5.41, 5.74) is 6.58. The van der Waals surface area contributed by atoms with E-state index >= 15 is 0 Å². The molecule has 32 heavy (non-hydrogen) atoms. The monoisotopic (exact) mass is 424 g/mol. The fraction of sp³-hybridized carbons (Fsp3) is 0.120. The van der Waals surface area contributed by atoms with E-state index in [1.807, 2.05) is 35.1 Å². The molecule has 0 amide bonds. The Bertz CT molecular complexity index is 1500. The Labute approximate surface area is 184 Å². The van der Waals surface area contributed by atoms with Crippen LogP contribution in [0.3, 0.4) is 0 Å². The first-order chi connectivity index (χ1) is 15.5. The third kappa shape index (κ3) is 3.15. The molecule has 0 aliphatic rings. The zero-order valence-corrected chi connectivity index (χ0v) is 17.9. The van der Waals surface area contributed by atoms with Crippen LogP contribution in [0.15, 0.2) is 66.9 Å². The van der Waals surface area contributed by atoms with Crippen LogP contribution in [-0.2, 0) is 0 Å². The molecule has 7 heteroatoms. The summed E-state index contributed by atoms with van der Waals surface area (Å²) in [6.07, 6.45) is 1.81. The van der Waals surface area contributed by atoms with Gasteiger partial charge in [0.1, 0.15) is 11.4 Å². The van der Waals surface area contributed by atoms with E-state index in [0.29, 0.717) is 5.69 Å². The Hall–Kier alpha value is -4.26. The quantitative estimate of drug-likeness (QED) is 0.270. The SMILES string of the molecule is COc1ccc2ncc3c(-c4ccc([N+](=O)[O-])cc4)nn(-c4ccc(C)c(C)c4)c3c2c1. The predicted molar refractivity (Wildman–Crippen MR) is 124 cm³/mol. The number of aryl methyl sites for hydroxylation is 2. The summed E-state index contributed by atoms with van der Waals surface area (Å²) < 4.78 is 7.38. The smallest absolute Gasteiger partial charge is 0.269 e. The van der Waals surface area contributed by atoms with Crippen LogP contribution in [0.5, 0.6) is 5.75 Å². The molecular weight excluding hydrogens is 404 g/mol. The molecule has 0 saturated carbocycles. The second kappa shape index (κ2) is 7.46. The van der Waals surface area contributed by atoms with Gasteiger partial charge in [-0.25, -0.2) is 4.68 Å². The van der Waals surface area contributed by atoms with E-state index < -0.39 is 4.92 Å². The lowest BCUT2D eigenvalue weighted by Gasteiger charge is -2.09. The minimum atomic E-state index is -0.406. The molecule has 0 bridgehead atoms. The highest BCUT2D eigenvalue weighted by Gasteiger charge is 2.18. The number of nitrogens with zero attached hydrogens (tertiary/aromatic N) is 4. The minimum Gasteiger partial charge on any atom is -0.497 e. The number of benzene rings is 3. The maximum absolute atomic E-state index is 11.1. The van der Waals surface area contributed by atoms with Crippen molar-refractivity contribution in [2.45, 2.75) is 13.8 Å². The van der Waals surface area contributed by atoms with Crippen molar-refractivity contribution < 1.29 is 9.66 Å². The first-order valence-corrected chi connectivity index (χ1v) is 10.1. The van der Waals surface area contributed by atoms with Gasteiger partial charge in [0, 0.05) is 34.7 Å². The molecule has 5 rings (SSSR count). The molecule has 0 saturated heterocycles.